The largest absolute Gasteiger partial charge is 0.457 e. The molecule has 0 aromatic carbocycles. The minimum Gasteiger partial charge on any atom is -0.457 e. The van der Waals surface area contributed by atoms with Crippen molar-refractivity contribution in [3.8, 4) is 0 Å². The number of nitrogens with zero attached hydrogens (tertiary/aromatic N) is 1. The molecule has 0 fully saturated rings. The van der Waals surface area contributed by atoms with Crippen LogP contribution in [0.25, 0.3) is 10.2 Å². The van der Waals surface area contributed by atoms with Gasteiger partial charge in [0.1, 0.15) is 22.1 Å². The van der Waals surface area contributed by atoms with Crippen molar-refractivity contribution in [2.45, 2.75) is 13.5 Å². The third kappa shape index (κ3) is 3.32. The fraction of sp³-hybridized carbons (Fsp3) is 0.267. The standard InChI is InChI=1S/C15H17N3O3S/c1-4-6-16-8-10-17-13(19)11-9(3)12(22-14(11)18-10)15(20)21-7-5-2/h4-5,16H,1-2,6-8H2,3H3,(H,17,18,19). The highest BCUT2D eigenvalue weighted by molar-refractivity contribution is 7.20. The number of H-pyrrole nitrogens is 1. The third-order valence-corrected chi connectivity index (χ3v) is 4.11. The summed E-state index contributed by atoms with van der Waals surface area (Å²) in [4.78, 5) is 32.2. The van der Waals surface area contributed by atoms with E-state index in [1.165, 1.54) is 6.08 Å². The van der Waals surface area contributed by atoms with Gasteiger partial charge in [0, 0.05) is 6.54 Å². The van der Waals surface area contributed by atoms with Crippen LogP contribution in [0.3, 0.4) is 0 Å². The molecular weight excluding hydrogens is 302 g/mol. The van der Waals surface area contributed by atoms with E-state index in [0.717, 1.165) is 11.3 Å². The Morgan fingerprint density at radius 1 is 1.45 bits per heavy atom. The summed E-state index contributed by atoms with van der Waals surface area (Å²) in [6, 6.07) is 0. The van der Waals surface area contributed by atoms with Gasteiger partial charge in [-0.15, -0.1) is 17.9 Å². The minimum atomic E-state index is -0.467. The Balaban J connectivity index is 2.38. The number of fused-ring (bicyclic) bond motifs is 1. The first kappa shape index (κ1) is 16.1. The summed E-state index contributed by atoms with van der Waals surface area (Å²) < 4.78 is 5.03. The predicted octanol–water partition coefficient (Wildman–Crippen LogP) is 1.91. The van der Waals surface area contributed by atoms with Crippen LogP contribution in [0.15, 0.2) is 30.1 Å². The number of hydrogen-bond acceptors (Lipinski definition) is 6. The molecule has 22 heavy (non-hydrogen) atoms. The van der Waals surface area contributed by atoms with Crippen LogP contribution >= 0.6 is 11.3 Å². The fourth-order valence-corrected chi connectivity index (χ4v) is 3.05. The Morgan fingerprint density at radius 2 is 2.23 bits per heavy atom. The number of thiophene rings is 1. The first-order chi connectivity index (χ1) is 10.6. The van der Waals surface area contributed by atoms with E-state index in [-0.39, 0.29) is 12.2 Å². The van der Waals surface area contributed by atoms with E-state index in [1.807, 2.05) is 0 Å². The van der Waals surface area contributed by atoms with Crippen LogP contribution in [0.1, 0.15) is 21.1 Å². The van der Waals surface area contributed by atoms with E-state index in [2.05, 4.69) is 28.4 Å². The second-order valence-corrected chi connectivity index (χ2v) is 5.55. The van der Waals surface area contributed by atoms with Gasteiger partial charge in [0.05, 0.1) is 11.9 Å². The van der Waals surface area contributed by atoms with Gasteiger partial charge in [0.2, 0.25) is 0 Å². The molecule has 0 aliphatic heterocycles. The van der Waals surface area contributed by atoms with Gasteiger partial charge in [-0.2, -0.15) is 0 Å². The molecule has 116 valence electrons. The number of aryl methyl sites for hydroxylation is 1. The molecule has 0 radical (unpaired) electrons. The molecule has 0 atom stereocenters. The molecule has 2 heterocycles. The van der Waals surface area contributed by atoms with Gasteiger partial charge in [0.15, 0.2) is 0 Å². The Labute approximate surface area is 131 Å². The lowest BCUT2D eigenvalue weighted by Crippen LogP contribution is -2.19. The summed E-state index contributed by atoms with van der Waals surface area (Å²) in [6.07, 6.45) is 3.22. The molecule has 0 spiro atoms. The highest BCUT2D eigenvalue weighted by Gasteiger charge is 2.20. The molecule has 0 amide bonds. The van der Waals surface area contributed by atoms with E-state index in [4.69, 9.17) is 4.74 Å². The van der Waals surface area contributed by atoms with E-state index >= 15 is 0 Å². The predicted molar refractivity (Wildman–Crippen MR) is 87.4 cm³/mol. The molecule has 2 N–H and O–H groups in total. The van der Waals surface area contributed by atoms with Crippen molar-refractivity contribution < 1.29 is 9.53 Å². The smallest absolute Gasteiger partial charge is 0.348 e. The molecule has 0 saturated heterocycles. The van der Waals surface area contributed by atoms with Gasteiger partial charge in [-0.1, -0.05) is 18.7 Å². The zero-order valence-corrected chi connectivity index (χ0v) is 13.1. The molecule has 0 saturated carbocycles. The van der Waals surface area contributed by atoms with Crippen LogP contribution in [0.4, 0.5) is 0 Å². The second-order valence-electron chi connectivity index (χ2n) is 4.56. The van der Waals surface area contributed by atoms with Crippen molar-refractivity contribution in [2.75, 3.05) is 13.2 Å². The maximum absolute atomic E-state index is 12.2. The first-order valence-electron chi connectivity index (χ1n) is 6.70. The summed E-state index contributed by atoms with van der Waals surface area (Å²) in [5.41, 5.74) is 0.338. The summed E-state index contributed by atoms with van der Waals surface area (Å²) in [5, 5.41) is 3.50. The number of nitrogens with one attached hydrogen (secondary N) is 2. The van der Waals surface area contributed by atoms with Gasteiger partial charge < -0.3 is 15.0 Å². The minimum absolute atomic E-state index is 0.132. The Bertz CT molecular complexity index is 776. The molecule has 0 aliphatic carbocycles. The lowest BCUT2D eigenvalue weighted by atomic mass is 10.2. The van der Waals surface area contributed by atoms with Crippen molar-refractivity contribution in [2.24, 2.45) is 0 Å². The third-order valence-electron chi connectivity index (χ3n) is 2.95. The van der Waals surface area contributed by atoms with Gasteiger partial charge in [-0.3, -0.25) is 4.79 Å². The zero-order chi connectivity index (χ0) is 16.1. The van der Waals surface area contributed by atoms with Crippen LogP contribution in [-0.4, -0.2) is 29.1 Å². The average molecular weight is 319 g/mol. The molecule has 2 aromatic rings. The fourth-order valence-electron chi connectivity index (χ4n) is 1.96. The SMILES string of the molecule is C=CCNCc1nc2sc(C(=O)OCC=C)c(C)c2c(=O)[nH]1. The molecule has 0 bridgehead atoms. The first-order valence-corrected chi connectivity index (χ1v) is 7.52. The van der Waals surface area contributed by atoms with E-state index in [1.54, 1.807) is 13.0 Å². The van der Waals surface area contributed by atoms with Gasteiger partial charge in [0.25, 0.3) is 5.56 Å². The quantitative estimate of drug-likeness (QED) is 0.463. The maximum Gasteiger partial charge on any atom is 0.348 e. The number of ether oxygens (including phenoxy) is 1. The van der Waals surface area contributed by atoms with Crippen molar-refractivity contribution in [1.29, 1.82) is 0 Å². The molecule has 2 aromatic heterocycles. The number of hydrogen-bond donors (Lipinski definition) is 2. The summed E-state index contributed by atoms with van der Waals surface area (Å²) in [7, 11) is 0. The van der Waals surface area contributed by atoms with Crippen molar-refractivity contribution in [3.05, 3.63) is 51.9 Å². The molecular formula is C15H17N3O3S. The van der Waals surface area contributed by atoms with E-state index < -0.39 is 5.97 Å². The molecule has 6 nitrogen and oxygen atoms in total. The molecule has 2 rings (SSSR count). The monoisotopic (exact) mass is 319 g/mol. The number of aromatic nitrogens is 2. The van der Waals surface area contributed by atoms with Crippen LogP contribution < -0.4 is 10.9 Å². The molecule has 0 unspecified atom stereocenters. The van der Waals surface area contributed by atoms with Crippen LogP contribution in [0.5, 0.6) is 0 Å². The maximum atomic E-state index is 12.2. The Hall–Kier alpha value is -2.25. The number of carbonyl (C=O) groups excluding carboxylic acids is 1. The average Bonchev–Trinajstić information content (AvgIpc) is 2.82. The molecule has 7 heteroatoms. The Morgan fingerprint density at radius 3 is 2.91 bits per heavy atom. The van der Waals surface area contributed by atoms with Gasteiger partial charge in [-0.25, -0.2) is 9.78 Å². The summed E-state index contributed by atoms with van der Waals surface area (Å²) in [5.74, 6) is 0.0535. The normalized spacial score (nSPS) is 10.6. The number of esters is 1. The van der Waals surface area contributed by atoms with E-state index in [9.17, 15) is 9.59 Å². The lowest BCUT2D eigenvalue weighted by molar-refractivity contribution is 0.0555. The van der Waals surface area contributed by atoms with Crippen LogP contribution in [-0.2, 0) is 11.3 Å². The van der Waals surface area contributed by atoms with Crippen molar-refractivity contribution in [1.82, 2.24) is 15.3 Å². The van der Waals surface area contributed by atoms with Crippen LogP contribution in [0.2, 0.25) is 0 Å². The number of rotatable bonds is 7. The van der Waals surface area contributed by atoms with Crippen molar-refractivity contribution >= 4 is 27.5 Å². The zero-order valence-electron chi connectivity index (χ0n) is 12.3. The number of aromatic amines is 1. The van der Waals surface area contributed by atoms with Gasteiger partial charge >= 0.3 is 5.97 Å². The second kappa shape index (κ2) is 7.15. The number of carbonyl (C=O) groups is 1. The van der Waals surface area contributed by atoms with Gasteiger partial charge in [-0.05, 0) is 12.5 Å². The lowest BCUT2D eigenvalue weighted by Gasteiger charge is -2.01. The Kier molecular flexibility index (Phi) is 5.24. The van der Waals surface area contributed by atoms with E-state index in [0.29, 0.717) is 39.6 Å². The molecule has 0 aliphatic rings. The highest BCUT2D eigenvalue weighted by atomic mass is 32.1. The summed E-state index contributed by atoms with van der Waals surface area (Å²) in [6.45, 7) is 9.99. The summed E-state index contributed by atoms with van der Waals surface area (Å²) >= 11 is 1.16. The highest BCUT2D eigenvalue weighted by Crippen LogP contribution is 2.27. The van der Waals surface area contributed by atoms with Crippen LogP contribution in [0, 0.1) is 6.92 Å². The van der Waals surface area contributed by atoms with Crippen molar-refractivity contribution in [3.63, 3.8) is 0 Å². The topological polar surface area (TPSA) is 84.1 Å².